The number of aliphatic hydroxyl groups excluding tert-OH is 1. The van der Waals surface area contributed by atoms with Gasteiger partial charge in [0.15, 0.2) is 6.29 Å². The van der Waals surface area contributed by atoms with Crippen LogP contribution in [0, 0.1) is 0 Å². The second-order valence-corrected chi connectivity index (χ2v) is 3.02. The summed E-state index contributed by atoms with van der Waals surface area (Å²) in [5.74, 6) is -0.0590. The summed E-state index contributed by atoms with van der Waals surface area (Å²) < 4.78 is 9.05. The molecule has 3 atom stereocenters. The molecule has 10 heavy (non-hydrogen) atoms. The van der Waals surface area contributed by atoms with Crippen molar-refractivity contribution in [3.8, 4) is 0 Å². The minimum Gasteiger partial charge on any atom is -0.449 e. The van der Waals surface area contributed by atoms with E-state index >= 15 is 0 Å². The van der Waals surface area contributed by atoms with Gasteiger partial charge in [0.05, 0.1) is 9.47 Å². The van der Waals surface area contributed by atoms with Gasteiger partial charge in [-0.05, 0) is 0 Å². The van der Waals surface area contributed by atoms with Gasteiger partial charge in [0.25, 0.3) is 0 Å². The molecule has 0 spiro atoms. The van der Waals surface area contributed by atoms with Crippen LogP contribution in [0.25, 0.3) is 0 Å². The quantitative estimate of drug-likeness (QED) is 0.565. The molecule has 4 nitrogen and oxygen atoms in total. The summed E-state index contributed by atoms with van der Waals surface area (Å²) in [6.45, 7) is 0. The molecule has 0 aromatic carbocycles. The molecule has 0 saturated carbocycles. The molecule has 1 N–H and O–H groups in total. The van der Waals surface area contributed by atoms with E-state index in [1.807, 2.05) is 9.47 Å². The third-order valence-electron chi connectivity index (χ3n) is 0.979. The zero-order chi connectivity index (χ0) is 7.56. The van der Waals surface area contributed by atoms with E-state index in [2.05, 4.69) is 4.52 Å². The maximum atomic E-state index is 10.7. The third kappa shape index (κ3) is 1.83. The molecule has 1 saturated heterocycles. The summed E-state index contributed by atoms with van der Waals surface area (Å²) >= 11 is 1.22. The molecule has 0 aliphatic carbocycles. The fraction of sp³-hybridized carbons (Fsp3) is 0.750. The van der Waals surface area contributed by atoms with Crippen molar-refractivity contribution in [2.45, 2.75) is 11.7 Å². The summed E-state index contributed by atoms with van der Waals surface area (Å²) in [5, 5.41) is 8.79. The average molecular weight is 182 g/mol. The highest BCUT2D eigenvalue weighted by molar-refractivity contribution is 8.00. The van der Waals surface area contributed by atoms with Crippen molar-refractivity contribution in [1.29, 1.82) is 0 Å². The number of carbonyl (C=O) groups excluding carboxylic acids is 1. The topological polar surface area (TPSA) is 55.8 Å². The van der Waals surface area contributed by atoms with Crippen LogP contribution >= 0.6 is 21.2 Å². The highest BCUT2D eigenvalue weighted by atomic mass is 32.2. The zero-order valence-electron chi connectivity index (χ0n) is 5.02. The standard InChI is InChI=1S/C4H7O4PS/c5-2-1-10-4(7-2)3(6)8-9/h2,4-5H,1,9H2. The van der Waals surface area contributed by atoms with Crippen molar-refractivity contribution in [3.63, 3.8) is 0 Å². The fourth-order valence-electron chi connectivity index (χ4n) is 0.570. The van der Waals surface area contributed by atoms with Gasteiger partial charge in [-0.1, -0.05) is 0 Å². The van der Waals surface area contributed by atoms with Crippen LogP contribution in [0.4, 0.5) is 0 Å². The molecule has 0 aromatic heterocycles. The second-order valence-electron chi connectivity index (χ2n) is 1.69. The Morgan fingerprint density at radius 2 is 2.60 bits per heavy atom. The first kappa shape index (κ1) is 8.27. The molecule has 6 heteroatoms. The summed E-state index contributed by atoms with van der Waals surface area (Å²) in [7, 11) is 1.84. The lowest BCUT2D eigenvalue weighted by molar-refractivity contribution is -0.150. The van der Waals surface area contributed by atoms with Crippen molar-refractivity contribution < 1.29 is 19.2 Å². The first-order valence-corrected chi connectivity index (χ1v) is 4.12. The number of hydrogen-bond donors (Lipinski definition) is 1. The Balaban J connectivity index is 2.37. The van der Waals surface area contributed by atoms with E-state index in [1.54, 1.807) is 0 Å². The summed E-state index contributed by atoms with van der Waals surface area (Å²) in [5.41, 5.74) is -0.660. The van der Waals surface area contributed by atoms with Crippen molar-refractivity contribution in [2.75, 3.05) is 5.75 Å². The highest BCUT2D eigenvalue weighted by Crippen LogP contribution is 2.24. The zero-order valence-corrected chi connectivity index (χ0v) is 6.99. The van der Waals surface area contributed by atoms with E-state index in [4.69, 9.17) is 9.84 Å². The lowest BCUT2D eigenvalue weighted by Crippen LogP contribution is -2.19. The van der Waals surface area contributed by atoms with Gasteiger partial charge in [0.2, 0.25) is 5.44 Å². The van der Waals surface area contributed by atoms with Gasteiger partial charge in [-0.3, -0.25) is 0 Å². The van der Waals surface area contributed by atoms with Crippen molar-refractivity contribution >= 4 is 27.2 Å². The predicted molar refractivity (Wildman–Crippen MR) is 39.1 cm³/mol. The molecule has 0 radical (unpaired) electrons. The Bertz CT molecular complexity index is 141. The van der Waals surface area contributed by atoms with Crippen LogP contribution < -0.4 is 0 Å². The van der Waals surface area contributed by atoms with Crippen LogP contribution in [0.5, 0.6) is 0 Å². The molecule has 1 rings (SSSR count). The van der Waals surface area contributed by atoms with Gasteiger partial charge in [-0.2, -0.15) is 0 Å². The Morgan fingerprint density at radius 3 is 3.00 bits per heavy atom. The number of hydrogen-bond acceptors (Lipinski definition) is 5. The van der Waals surface area contributed by atoms with Gasteiger partial charge >= 0.3 is 5.97 Å². The number of carbonyl (C=O) groups is 1. The molecule has 58 valence electrons. The van der Waals surface area contributed by atoms with Gasteiger partial charge in [-0.25, -0.2) is 4.79 Å². The summed E-state index contributed by atoms with van der Waals surface area (Å²) in [6, 6.07) is 0. The van der Waals surface area contributed by atoms with Crippen LogP contribution in [-0.4, -0.2) is 28.6 Å². The lowest BCUT2D eigenvalue weighted by Gasteiger charge is -2.04. The molecular formula is C4H7O4PS. The first-order chi connectivity index (χ1) is 4.74. The summed E-state index contributed by atoms with van der Waals surface area (Å²) in [6.07, 6.45) is -0.834. The van der Waals surface area contributed by atoms with E-state index in [1.165, 1.54) is 11.8 Å². The molecule has 1 aliphatic heterocycles. The predicted octanol–water partition coefficient (Wildman–Crippen LogP) is -0.272. The number of thioether (sulfide) groups is 1. The van der Waals surface area contributed by atoms with Crippen LogP contribution in [-0.2, 0) is 14.1 Å². The molecule has 0 aromatic rings. The fourth-order valence-corrected chi connectivity index (χ4v) is 1.61. The SMILES string of the molecule is O=C(OP)C1OC(O)CS1. The van der Waals surface area contributed by atoms with Crippen LogP contribution in [0.3, 0.4) is 0 Å². The van der Waals surface area contributed by atoms with Crippen molar-refractivity contribution in [1.82, 2.24) is 0 Å². The second kappa shape index (κ2) is 3.53. The lowest BCUT2D eigenvalue weighted by atomic mass is 10.7. The van der Waals surface area contributed by atoms with Crippen LogP contribution in [0.2, 0.25) is 0 Å². The van der Waals surface area contributed by atoms with Gasteiger partial charge in [0.1, 0.15) is 0 Å². The van der Waals surface area contributed by atoms with E-state index < -0.39 is 17.7 Å². The van der Waals surface area contributed by atoms with Gasteiger partial charge in [0, 0.05) is 5.75 Å². The minimum absolute atomic E-state index is 0.421. The summed E-state index contributed by atoms with van der Waals surface area (Å²) in [4.78, 5) is 10.7. The minimum atomic E-state index is -0.834. The molecule has 1 heterocycles. The maximum Gasteiger partial charge on any atom is 0.348 e. The van der Waals surface area contributed by atoms with E-state index in [0.717, 1.165) is 0 Å². The van der Waals surface area contributed by atoms with E-state index in [-0.39, 0.29) is 0 Å². The molecule has 3 unspecified atom stereocenters. The maximum absolute atomic E-state index is 10.7. The molecule has 0 amide bonds. The highest BCUT2D eigenvalue weighted by Gasteiger charge is 2.30. The van der Waals surface area contributed by atoms with Crippen molar-refractivity contribution in [2.24, 2.45) is 0 Å². The molecule has 0 bridgehead atoms. The Labute approximate surface area is 64.6 Å². The Morgan fingerprint density at radius 1 is 1.90 bits per heavy atom. The van der Waals surface area contributed by atoms with Crippen molar-refractivity contribution in [3.05, 3.63) is 0 Å². The largest absolute Gasteiger partial charge is 0.449 e. The van der Waals surface area contributed by atoms with Crippen LogP contribution in [0.1, 0.15) is 0 Å². The van der Waals surface area contributed by atoms with Gasteiger partial charge in [-0.15, -0.1) is 11.8 Å². The Kier molecular flexibility index (Phi) is 2.92. The third-order valence-corrected chi connectivity index (χ3v) is 2.30. The van der Waals surface area contributed by atoms with E-state index in [9.17, 15) is 4.79 Å². The molecule has 1 aliphatic rings. The Hall–Kier alpha value is 0.170. The normalized spacial score (nSPS) is 32.2. The smallest absolute Gasteiger partial charge is 0.348 e. The van der Waals surface area contributed by atoms with Gasteiger partial charge < -0.3 is 14.4 Å². The molecule has 1 fully saturated rings. The number of aliphatic hydroxyl groups is 1. The number of rotatable bonds is 1. The number of ether oxygens (including phenoxy) is 1. The average Bonchev–Trinajstić information content (AvgIpc) is 2.34. The molecular weight excluding hydrogens is 175 g/mol. The van der Waals surface area contributed by atoms with E-state index in [0.29, 0.717) is 5.75 Å². The first-order valence-electron chi connectivity index (χ1n) is 2.59. The van der Waals surface area contributed by atoms with Crippen LogP contribution in [0.15, 0.2) is 0 Å². The monoisotopic (exact) mass is 182 g/mol.